The number of benzene rings is 1. The number of rotatable bonds is 2. The second-order valence-electron chi connectivity index (χ2n) is 8.32. The molecule has 0 saturated carbocycles. The molecule has 0 atom stereocenters. The van der Waals surface area contributed by atoms with Crippen LogP contribution in [0.15, 0.2) is 42.6 Å². The first kappa shape index (κ1) is 21.2. The van der Waals surface area contributed by atoms with Gasteiger partial charge in [0, 0.05) is 11.9 Å². The molecule has 0 saturated heterocycles. The number of aromatic nitrogens is 1. The maximum absolute atomic E-state index is 12.7. The van der Waals surface area contributed by atoms with E-state index >= 15 is 0 Å². The third-order valence-electron chi connectivity index (χ3n) is 3.37. The Kier molecular flexibility index (Phi) is 5.97. The van der Waals surface area contributed by atoms with Gasteiger partial charge >= 0.3 is 12.2 Å². The van der Waals surface area contributed by atoms with Gasteiger partial charge in [-0.1, -0.05) is 12.1 Å². The molecule has 0 bridgehead atoms. The van der Waals surface area contributed by atoms with Crippen molar-refractivity contribution in [3.63, 3.8) is 0 Å². The summed E-state index contributed by atoms with van der Waals surface area (Å²) in [6, 6.07) is 10.6. The highest BCUT2D eigenvalue weighted by atomic mass is 16.6. The van der Waals surface area contributed by atoms with Crippen LogP contribution in [0, 0.1) is 0 Å². The predicted octanol–water partition coefficient (Wildman–Crippen LogP) is 5.01. The van der Waals surface area contributed by atoms with Crippen LogP contribution in [0.4, 0.5) is 21.1 Å². The van der Waals surface area contributed by atoms with E-state index in [0.717, 1.165) is 16.0 Å². The average molecular weight is 385 g/mol. The lowest BCUT2D eigenvalue weighted by Crippen LogP contribution is -2.44. The van der Waals surface area contributed by atoms with Gasteiger partial charge in [0.25, 0.3) is 0 Å². The van der Waals surface area contributed by atoms with E-state index in [2.05, 4.69) is 4.98 Å². The highest BCUT2D eigenvalue weighted by Gasteiger charge is 2.33. The van der Waals surface area contributed by atoms with Crippen LogP contribution in [0.25, 0.3) is 11.1 Å². The zero-order valence-corrected chi connectivity index (χ0v) is 17.1. The summed E-state index contributed by atoms with van der Waals surface area (Å²) in [6.07, 6.45) is -0.199. The Morgan fingerprint density at radius 3 is 1.82 bits per heavy atom. The molecule has 0 fully saturated rings. The monoisotopic (exact) mass is 385 g/mol. The van der Waals surface area contributed by atoms with Gasteiger partial charge in [-0.25, -0.2) is 14.6 Å². The van der Waals surface area contributed by atoms with Crippen LogP contribution in [0.2, 0.25) is 0 Å². The van der Waals surface area contributed by atoms with Crippen LogP contribution in [0.3, 0.4) is 0 Å². The standard InChI is InChI=1S/C21H27N3O4/c1-20(2,3)27-18(25)24(19(26)28-21(4,5)6)17-13-15(11-12-23-17)14-7-9-16(22)10-8-14/h7-13H,22H2,1-6H3. The van der Waals surface area contributed by atoms with Crippen molar-refractivity contribution in [3.05, 3.63) is 42.6 Å². The Labute approximate surface area is 165 Å². The minimum atomic E-state index is -0.858. The fraction of sp³-hybridized carbons (Fsp3) is 0.381. The highest BCUT2D eigenvalue weighted by molar-refractivity contribution is 6.09. The first-order valence-corrected chi connectivity index (χ1v) is 8.94. The molecular formula is C21H27N3O4. The maximum Gasteiger partial charge on any atom is 0.425 e. The molecule has 2 amide bonds. The highest BCUT2D eigenvalue weighted by Crippen LogP contribution is 2.26. The van der Waals surface area contributed by atoms with Crippen molar-refractivity contribution in [3.8, 4) is 11.1 Å². The molecule has 0 aliphatic heterocycles. The van der Waals surface area contributed by atoms with Crippen molar-refractivity contribution in [1.29, 1.82) is 0 Å². The van der Waals surface area contributed by atoms with Crippen molar-refractivity contribution in [2.24, 2.45) is 0 Å². The molecule has 1 heterocycles. The number of hydrogen-bond donors (Lipinski definition) is 1. The number of nitrogen functional groups attached to an aromatic ring is 1. The number of nitrogens with two attached hydrogens (primary N) is 1. The van der Waals surface area contributed by atoms with Gasteiger partial charge in [0.2, 0.25) is 0 Å². The summed E-state index contributed by atoms with van der Waals surface area (Å²) in [6.45, 7) is 10.3. The van der Waals surface area contributed by atoms with Crippen molar-refractivity contribution in [1.82, 2.24) is 4.98 Å². The molecular weight excluding hydrogens is 358 g/mol. The predicted molar refractivity (Wildman–Crippen MR) is 109 cm³/mol. The maximum atomic E-state index is 12.7. The van der Waals surface area contributed by atoms with Crippen LogP contribution in [0.5, 0.6) is 0 Å². The van der Waals surface area contributed by atoms with E-state index in [0.29, 0.717) is 5.69 Å². The summed E-state index contributed by atoms with van der Waals surface area (Å²) in [4.78, 5) is 30.4. The van der Waals surface area contributed by atoms with Crippen molar-refractivity contribution >= 4 is 23.7 Å². The van der Waals surface area contributed by atoms with Gasteiger partial charge in [0.15, 0.2) is 0 Å². The third kappa shape index (κ3) is 5.97. The number of ether oxygens (including phenoxy) is 2. The second-order valence-corrected chi connectivity index (χ2v) is 8.32. The van der Waals surface area contributed by atoms with Crippen LogP contribution < -0.4 is 10.6 Å². The van der Waals surface area contributed by atoms with Gasteiger partial charge in [-0.15, -0.1) is 0 Å². The van der Waals surface area contributed by atoms with Gasteiger partial charge in [0.1, 0.15) is 17.0 Å². The fourth-order valence-electron chi connectivity index (χ4n) is 2.27. The molecule has 0 radical (unpaired) electrons. The minimum Gasteiger partial charge on any atom is -0.443 e. The molecule has 0 aliphatic rings. The molecule has 7 heteroatoms. The molecule has 2 N–H and O–H groups in total. The molecule has 0 unspecified atom stereocenters. The van der Waals surface area contributed by atoms with E-state index in [1.165, 1.54) is 6.20 Å². The van der Waals surface area contributed by atoms with Gasteiger partial charge < -0.3 is 15.2 Å². The SMILES string of the molecule is CC(C)(C)OC(=O)N(C(=O)OC(C)(C)C)c1cc(-c2ccc(N)cc2)ccn1. The van der Waals surface area contributed by atoms with Gasteiger partial charge in [-0.3, -0.25) is 0 Å². The lowest BCUT2D eigenvalue weighted by Gasteiger charge is -2.28. The van der Waals surface area contributed by atoms with E-state index < -0.39 is 23.4 Å². The molecule has 7 nitrogen and oxygen atoms in total. The molecule has 0 spiro atoms. The van der Waals surface area contributed by atoms with Crippen molar-refractivity contribution in [2.45, 2.75) is 52.7 Å². The molecule has 1 aromatic heterocycles. The quantitative estimate of drug-likeness (QED) is 0.730. The lowest BCUT2D eigenvalue weighted by molar-refractivity contribution is 0.0429. The lowest BCUT2D eigenvalue weighted by atomic mass is 10.1. The Morgan fingerprint density at radius 1 is 0.857 bits per heavy atom. The zero-order chi connectivity index (χ0) is 21.1. The summed E-state index contributed by atoms with van der Waals surface area (Å²) >= 11 is 0. The van der Waals surface area contributed by atoms with Crippen molar-refractivity contribution in [2.75, 3.05) is 10.6 Å². The number of anilines is 2. The van der Waals surface area contributed by atoms with E-state index in [1.54, 1.807) is 65.8 Å². The van der Waals surface area contributed by atoms with E-state index in [1.807, 2.05) is 12.1 Å². The largest absolute Gasteiger partial charge is 0.443 e. The summed E-state index contributed by atoms with van der Waals surface area (Å²) in [5.74, 6) is 0.109. The van der Waals surface area contributed by atoms with Crippen LogP contribution in [0.1, 0.15) is 41.5 Å². The number of nitrogens with zero attached hydrogens (tertiary/aromatic N) is 2. The number of amides is 2. The van der Waals surface area contributed by atoms with E-state index in [-0.39, 0.29) is 5.82 Å². The number of hydrogen-bond acceptors (Lipinski definition) is 6. The van der Waals surface area contributed by atoms with Gasteiger partial charge in [-0.2, -0.15) is 4.90 Å². The molecule has 1 aromatic carbocycles. The number of carbonyl (C=O) groups excluding carboxylic acids is 2. The Hall–Kier alpha value is -3.09. The molecule has 2 rings (SSSR count). The van der Waals surface area contributed by atoms with Crippen LogP contribution >= 0.6 is 0 Å². The van der Waals surface area contributed by atoms with E-state index in [4.69, 9.17) is 15.2 Å². The summed E-state index contributed by atoms with van der Waals surface area (Å²) in [5, 5.41) is 0. The smallest absolute Gasteiger partial charge is 0.425 e. The van der Waals surface area contributed by atoms with E-state index in [9.17, 15) is 9.59 Å². The fourth-order valence-corrected chi connectivity index (χ4v) is 2.27. The first-order valence-electron chi connectivity index (χ1n) is 8.94. The number of imide groups is 1. The number of pyridine rings is 1. The Bertz CT molecular complexity index is 821. The molecule has 2 aromatic rings. The molecule has 28 heavy (non-hydrogen) atoms. The Balaban J connectivity index is 2.44. The first-order chi connectivity index (χ1) is 12.9. The average Bonchev–Trinajstić information content (AvgIpc) is 2.52. The topological polar surface area (TPSA) is 94.8 Å². The van der Waals surface area contributed by atoms with Gasteiger partial charge in [-0.05, 0) is 76.9 Å². The summed E-state index contributed by atoms with van der Waals surface area (Å²) in [7, 11) is 0. The zero-order valence-electron chi connectivity index (χ0n) is 17.1. The summed E-state index contributed by atoms with van der Waals surface area (Å²) in [5.41, 5.74) is 6.44. The number of carbonyl (C=O) groups is 2. The normalized spacial score (nSPS) is 11.6. The van der Waals surface area contributed by atoms with Gasteiger partial charge in [0.05, 0.1) is 0 Å². The Morgan fingerprint density at radius 2 is 1.36 bits per heavy atom. The van der Waals surface area contributed by atoms with Crippen molar-refractivity contribution < 1.29 is 19.1 Å². The third-order valence-corrected chi connectivity index (χ3v) is 3.37. The molecule has 0 aliphatic carbocycles. The van der Waals surface area contributed by atoms with Crippen LogP contribution in [-0.4, -0.2) is 28.4 Å². The van der Waals surface area contributed by atoms with Crippen LogP contribution in [-0.2, 0) is 9.47 Å². The minimum absolute atomic E-state index is 0.109. The summed E-state index contributed by atoms with van der Waals surface area (Å²) < 4.78 is 10.8. The molecule has 150 valence electrons. The second kappa shape index (κ2) is 7.88.